The number of hydrazine groups is 1. The van der Waals surface area contributed by atoms with E-state index in [1.54, 1.807) is 0 Å². The van der Waals surface area contributed by atoms with Gasteiger partial charge >= 0.3 is 0 Å². The molecule has 3 nitrogen and oxygen atoms in total. The van der Waals surface area contributed by atoms with Crippen molar-refractivity contribution in [3.05, 3.63) is 34.3 Å². The Morgan fingerprint density at radius 1 is 1.43 bits per heavy atom. The highest BCUT2D eigenvalue weighted by atomic mass is 79.9. The molecule has 1 aromatic rings. The summed E-state index contributed by atoms with van der Waals surface area (Å²) in [4.78, 5) is 0. The molecule has 0 fully saturated rings. The molecule has 0 radical (unpaired) electrons. The van der Waals surface area contributed by atoms with Crippen molar-refractivity contribution in [2.75, 3.05) is 6.54 Å². The number of hydrogen-bond acceptors (Lipinski definition) is 2. The molecule has 0 atom stereocenters. The summed E-state index contributed by atoms with van der Waals surface area (Å²) < 4.78 is 4.65. The summed E-state index contributed by atoms with van der Waals surface area (Å²) >= 11 is 8.81. The second-order valence-corrected chi connectivity index (χ2v) is 3.68. The van der Waals surface area contributed by atoms with Gasteiger partial charge in [0.15, 0.2) is 5.84 Å². The summed E-state index contributed by atoms with van der Waals surface area (Å²) in [5.41, 5.74) is 6.78. The van der Waals surface area contributed by atoms with Crippen LogP contribution < -0.4 is 10.9 Å². The minimum Gasteiger partial charge on any atom is -0.304 e. The van der Waals surface area contributed by atoms with E-state index >= 15 is 0 Å². The molecule has 0 saturated heterocycles. The van der Waals surface area contributed by atoms with E-state index in [-0.39, 0.29) is 0 Å². The zero-order valence-corrected chi connectivity index (χ0v) is 10.1. The molecule has 0 spiro atoms. The van der Waals surface area contributed by atoms with Gasteiger partial charge in [0.2, 0.25) is 0 Å². The van der Waals surface area contributed by atoms with Crippen LogP contribution in [0.2, 0.25) is 0 Å². The first-order valence-corrected chi connectivity index (χ1v) is 5.34. The van der Waals surface area contributed by atoms with Gasteiger partial charge in [-0.25, -0.2) is 5.43 Å². The van der Waals surface area contributed by atoms with Crippen molar-refractivity contribution in [2.45, 2.75) is 6.92 Å². The minimum atomic E-state index is 0.612. The van der Waals surface area contributed by atoms with E-state index in [2.05, 4.69) is 31.3 Å². The van der Waals surface area contributed by atoms with Gasteiger partial charge in [-0.3, -0.25) is 0 Å². The van der Waals surface area contributed by atoms with Crippen LogP contribution in [0.5, 0.6) is 0 Å². The number of rotatable bonds is 3. The molecule has 2 N–H and O–H groups in total. The normalized spacial score (nSPS) is 11.5. The van der Waals surface area contributed by atoms with E-state index in [4.69, 9.17) is 11.8 Å². The standard InChI is InChI=1S/C9H11BrClN3/c1-2-12-14-9(13-11)7-3-5-8(10)6-4-7/h3-6,12H,2H2,1H3,(H,13,14). The maximum atomic E-state index is 5.45. The van der Waals surface area contributed by atoms with Crippen LogP contribution in [0.3, 0.4) is 0 Å². The van der Waals surface area contributed by atoms with Gasteiger partial charge in [-0.2, -0.15) is 4.51 Å². The van der Waals surface area contributed by atoms with Gasteiger partial charge in [-0.15, -0.1) is 0 Å². The average molecular weight is 277 g/mol. The first-order valence-electron chi connectivity index (χ1n) is 4.21. The lowest BCUT2D eigenvalue weighted by molar-refractivity contribution is 0.686. The highest BCUT2D eigenvalue weighted by Gasteiger charge is 2.01. The molecule has 0 saturated carbocycles. The van der Waals surface area contributed by atoms with Crippen molar-refractivity contribution in [2.24, 2.45) is 4.51 Å². The van der Waals surface area contributed by atoms with Gasteiger partial charge < -0.3 is 5.43 Å². The van der Waals surface area contributed by atoms with Crippen LogP contribution in [0.4, 0.5) is 0 Å². The number of amidine groups is 1. The molecular weight excluding hydrogens is 265 g/mol. The molecule has 1 aromatic carbocycles. The largest absolute Gasteiger partial charge is 0.304 e. The molecule has 0 aliphatic rings. The van der Waals surface area contributed by atoms with Gasteiger partial charge in [-0.05, 0) is 12.1 Å². The van der Waals surface area contributed by atoms with Crippen LogP contribution in [0.25, 0.3) is 0 Å². The van der Waals surface area contributed by atoms with Crippen molar-refractivity contribution in [3.63, 3.8) is 0 Å². The van der Waals surface area contributed by atoms with E-state index in [0.717, 1.165) is 16.6 Å². The molecule has 0 aromatic heterocycles. The lowest BCUT2D eigenvalue weighted by atomic mass is 10.2. The quantitative estimate of drug-likeness (QED) is 0.505. The van der Waals surface area contributed by atoms with Crippen molar-refractivity contribution in [1.82, 2.24) is 10.9 Å². The Hall–Kier alpha value is -0.580. The topological polar surface area (TPSA) is 36.4 Å². The SMILES string of the molecule is CCNNC(=NCl)c1ccc(Br)cc1. The maximum Gasteiger partial charge on any atom is 0.161 e. The monoisotopic (exact) mass is 275 g/mol. The second-order valence-electron chi connectivity index (χ2n) is 2.60. The third-order valence-corrected chi connectivity index (χ3v) is 2.28. The Balaban J connectivity index is 2.75. The van der Waals surface area contributed by atoms with E-state index in [0.29, 0.717) is 5.84 Å². The van der Waals surface area contributed by atoms with Crippen LogP contribution in [-0.4, -0.2) is 12.4 Å². The molecule has 5 heteroatoms. The first-order chi connectivity index (χ1) is 6.77. The number of hydrogen-bond donors (Lipinski definition) is 2. The fourth-order valence-electron chi connectivity index (χ4n) is 0.922. The van der Waals surface area contributed by atoms with Crippen molar-refractivity contribution in [1.29, 1.82) is 0 Å². The van der Waals surface area contributed by atoms with E-state index in [1.807, 2.05) is 31.2 Å². The van der Waals surface area contributed by atoms with Crippen LogP contribution in [0.1, 0.15) is 12.5 Å². The summed E-state index contributed by atoms with van der Waals surface area (Å²) in [6.07, 6.45) is 0. The van der Waals surface area contributed by atoms with E-state index in [9.17, 15) is 0 Å². The van der Waals surface area contributed by atoms with Gasteiger partial charge in [-0.1, -0.05) is 35.0 Å². The lowest BCUT2D eigenvalue weighted by Crippen LogP contribution is -2.37. The number of halogens is 2. The third-order valence-electron chi connectivity index (χ3n) is 1.59. The first kappa shape index (κ1) is 11.5. The Labute approximate surface area is 96.8 Å². The van der Waals surface area contributed by atoms with E-state index in [1.165, 1.54) is 0 Å². The van der Waals surface area contributed by atoms with Gasteiger partial charge in [0, 0.05) is 28.4 Å². The van der Waals surface area contributed by atoms with Crippen molar-refractivity contribution >= 4 is 33.5 Å². The van der Waals surface area contributed by atoms with Crippen LogP contribution in [-0.2, 0) is 0 Å². The number of nitrogens with one attached hydrogen (secondary N) is 2. The Bertz CT molecular complexity index is 310. The molecule has 14 heavy (non-hydrogen) atoms. The fraction of sp³-hybridized carbons (Fsp3) is 0.222. The predicted octanol–water partition coefficient (Wildman–Crippen LogP) is 2.46. The second kappa shape index (κ2) is 6.01. The number of benzene rings is 1. The van der Waals surface area contributed by atoms with Crippen LogP contribution in [0.15, 0.2) is 33.2 Å². The molecule has 76 valence electrons. The Morgan fingerprint density at radius 2 is 2.07 bits per heavy atom. The molecule has 0 unspecified atom stereocenters. The summed E-state index contributed by atoms with van der Waals surface area (Å²) in [6.45, 7) is 2.78. The molecule has 0 heterocycles. The van der Waals surface area contributed by atoms with Crippen LogP contribution >= 0.6 is 27.7 Å². The van der Waals surface area contributed by atoms with Crippen molar-refractivity contribution in [3.8, 4) is 0 Å². The Morgan fingerprint density at radius 3 is 2.57 bits per heavy atom. The smallest absolute Gasteiger partial charge is 0.161 e. The third kappa shape index (κ3) is 3.29. The fourth-order valence-corrected chi connectivity index (χ4v) is 1.33. The number of nitrogens with zero attached hydrogens (tertiary/aromatic N) is 1. The van der Waals surface area contributed by atoms with Gasteiger partial charge in [0.05, 0.1) is 0 Å². The average Bonchev–Trinajstić information content (AvgIpc) is 2.21. The molecule has 0 aliphatic heterocycles. The molecule has 1 rings (SSSR count). The summed E-state index contributed by atoms with van der Waals surface area (Å²) in [5, 5.41) is 0. The summed E-state index contributed by atoms with van der Waals surface area (Å²) in [7, 11) is 0. The highest BCUT2D eigenvalue weighted by Crippen LogP contribution is 2.10. The zero-order valence-electron chi connectivity index (χ0n) is 7.72. The molecule has 0 bridgehead atoms. The Kier molecular flexibility index (Phi) is 4.93. The van der Waals surface area contributed by atoms with Gasteiger partial charge in [0.1, 0.15) is 0 Å². The lowest BCUT2D eigenvalue weighted by Gasteiger charge is -2.08. The molecule has 0 aliphatic carbocycles. The predicted molar refractivity (Wildman–Crippen MR) is 63.3 cm³/mol. The van der Waals surface area contributed by atoms with Gasteiger partial charge in [0.25, 0.3) is 0 Å². The highest BCUT2D eigenvalue weighted by molar-refractivity contribution is 9.10. The summed E-state index contributed by atoms with van der Waals surface area (Å²) in [5.74, 6) is 0.612. The minimum absolute atomic E-state index is 0.612. The summed E-state index contributed by atoms with van der Waals surface area (Å²) in [6, 6.07) is 7.72. The maximum absolute atomic E-state index is 5.45. The zero-order chi connectivity index (χ0) is 10.4. The molecular formula is C9H11BrClN3. The van der Waals surface area contributed by atoms with Crippen molar-refractivity contribution < 1.29 is 0 Å². The van der Waals surface area contributed by atoms with Crippen LogP contribution in [0, 0.1) is 0 Å². The van der Waals surface area contributed by atoms with E-state index < -0.39 is 0 Å². The molecule has 0 amide bonds.